The molecule has 31 heavy (non-hydrogen) atoms. The molecular weight excluding hydrogens is 432 g/mol. The molecule has 2 aromatic heterocycles. The average Bonchev–Trinajstić information content (AvgIpc) is 3.58. The summed E-state index contributed by atoms with van der Waals surface area (Å²) < 4.78 is 17.2. The number of carbonyl (C=O) groups is 1. The van der Waals surface area contributed by atoms with Crippen molar-refractivity contribution in [1.29, 1.82) is 0 Å². The number of pyridine rings is 1. The van der Waals surface area contributed by atoms with E-state index >= 15 is 0 Å². The van der Waals surface area contributed by atoms with Crippen molar-refractivity contribution in [1.82, 2.24) is 4.98 Å². The van der Waals surface area contributed by atoms with Crippen LogP contribution in [0.15, 0.2) is 20.0 Å². The third-order valence-electron chi connectivity index (χ3n) is 6.26. The Labute approximate surface area is 186 Å². The van der Waals surface area contributed by atoms with Crippen LogP contribution < -0.4 is 10.5 Å². The van der Waals surface area contributed by atoms with Gasteiger partial charge in [0.05, 0.1) is 11.3 Å². The minimum absolute atomic E-state index is 0.279. The van der Waals surface area contributed by atoms with Crippen molar-refractivity contribution in [3.63, 3.8) is 0 Å². The van der Waals surface area contributed by atoms with Gasteiger partial charge in [0.2, 0.25) is 0 Å². The molecule has 166 valence electrons. The molecule has 2 aromatic rings. The van der Waals surface area contributed by atoms with E-state index in [2.05, 4.69) is 9.68 Å². The summed E-state index contributed by atoms with van der Waals surface area (Å²) >= 11 is 1.14. The van der Waals surface area contributed by atoms with Crippen molar-refractivity contribution < 1.29 is 14.1 Å². The number of aryl methyl sites for hydroxylation is 1. The smallest absolute Gasteiger partial charge is 0.354 e. The molecule has 2 heterocycles. The number of hydrogen-bond acceptors (Lipinski definition) is 5. The lowest BCUT2D eigenvalue weighted by Gasteiger charge is -2.18. The van der Waals surface area contributed by atoms with Gasteiger partial charge in [0.25, 0.3) is 0 Å². The highest BCUT2D eigenvalue weighted by Crippen LogP contribution is 2.53. The van der Waals surface area contributed by atoms with Gasteiger partial charge >= 0.3 is 6.03 Å². The molecule has 3 aliphatic carbocycles. The predicted octanol–water partition coefficient (Wildman–Crippen LogP) is 4.55. The van der Waals surface area contributed by atoms with Crippen molar-refractivity contribution in [2.45, 2.75) is 80.4 Å². The van der Waals surface area contributed by atoms with Crippen molar-refractivity contribution in [2.24, 2.45) is 9.50 Å². The maximum atomic E-state index is 13.0. The monoisotopic (exact) mass is 460 g/mol. The first-order valence-corrected chi connectivity index (χ1v) is 13.3. The number of aromatic nitrogens is 1. The number of urea groups is 1. The molecule has 5 rings (SSSR count). The third-order valence-corrected chi connectivity index (χ3v) is 9.12. The summed E-state index contributed by atoms with van der Waals surface area (Å²) in [5.41, 5.74) is 4.89. The molecule has 0 aliphatic heterocycles. The molecule has 0 aromatic carbocycles. The number of fused-ring (bicyclic) bond motifs is 1. The highest BCUT2D eigenvalue weighted by Gasteiger charge is 2.38. The molecule has 0 bridgehead atoms. The first kappa shape index (κ1) is 21.1. The Hall–Kier alpha value is -1.81. The van der Waals surface area contributed by atoms with Crippen LogP contribution in [0.5, 0.6) is 0 Å². The Bertz CT molecular complexity index is 1180. The van der Waals surface area contributed by atoms with Crippen LogP contribution in [0.4, 0.5) is 10.5 Å². The number of nitrogens with two attached hydrogens (primary N) is 1. The number of anilines is 1. The molecule has 4 N–H and O–H groups in total. The van der Waals surface area contributed by atoms with Gasteiger partial charge < -0.3 is 10.4 Å². The topological polar surface area (TPSA) is 118 Å². The molecule has 0 spiro atoms. The normalized spacial score (nSPS) is 20.3. The molecule has 1 atom stereocenters. The lowest BCUT2D eigenvalue weighted by atomic mass is 9.98. The summed E-state index contributed by atoms with van der Waals surface area (Å²) in [4.78, 5) is 17.9. The zero-order chi connectivity index (χ0) is 22.0. The van der Waals surface area contributed by atoms with Crippen LogP contribution in [0.1, 0.15) is 85.9 Å². The number of nitrogens with zero attached hydrogens (tertiary/aromatic N) is 2. The van der Waals surface area contributed by atoms with Crippen LogP contribution in [0.2, 0.25) is 0 Å². The Morgan fingerprint density at radius 1 is 1.29 bits per heavy atom. The van der Waals surface area contributed by atoms with E-state index in [1.165, 1.54) is 5.56 Å². The first-order chi connectivity index (χ1) is 14.6. The van der Waals surface area contributed by atoms with Gasteiger partial charge in [-0.15, -0.1) is 15.7 Å². The van der Waals surface area contributed by atoms with Crippen LogP contribution in [0.25, 0.3) is 0 Å². The van der Waals surface area contributed by atoms with E-state index in [4.69, 9.17) is 10.1 Å². The summed E-state index contributed by atoms with van der Waals surface area (Å²) in [7, 11) is -3.41. The second-order valence-corrected chi connectivity index (χ2v) is 12.3. The fourth-order valence-corrected chi connectivity index (χ4v) is 6.58. The molecule has 1 unspecified atom stereocenters. The maximum Gasteiger partial charge on any atom is 0.354 e. The third kappa shape index (κ3) is 4.16. The summed E-state index contributed by atoms with van der Waals surface area (Å²) in [6, 6.07) is 0.879. The van der Waals surface area contributed by atoms with E-state index < -0.39 is 21.5 Å². The molecule has 2 saturated carbocycles. The second-order valence-electron chi connectivity index (χ2n) is 9.42. The minimum atomic E-state index is -3.41. The fraction of sp³-hybridized carbons (Fsp3) is 0.545. The Kier molecular flexibility index (Phi) is 5.00. The van der Waals surface area contributed by atoms with Crippen LogP contribution in [0, 0.1) is 0 Å². The molecular formula is C22H28N4O3S2. The largest absolute Gasteiger partial charge is 0.386 e. The van der Waals surface area contributed by atoms with Gasteiger partial charge in [-0.25, -0.2) is 14.1 Å². The van der Waals surface area contributed by atoms with E-state index in [0.717, 1.165) is 78.9 Å². The summed E-state index contributed by atoms with van der Waals surface area (Å²) in [5, 5.41) is 20.8. The Balaban J connectivity index is 1.49. The SMILES string of the molecule is CC(C)(O)c1csc(S(N)(=O)=NC(=O)Nc2c3c(nc(C4CC4)c2C2CC2)CCC3)c1. The number of thiophene rings is 1. The molecule has 2 amide bonds. The highest BCUT2D eigenvalue weighted by atomic mass is 32.2. The molecule has 0 radical (unpaired) electrons. The van der Waals surface area contributed by atoms with Crippen molar-refractivity contribution >= 4 is 33.0 Å². The van der Waals surface area contributed by atoms with Crippen molar-refractivity contribution in [2.75, 3.05) is 5.32 Å². The zero-order valence-electron chi connectivity index (χ0n) is 17.8. The summed E-state index contributed by atoms with van der Waals surface area (Å²) in [5.74, 6) is 0.942. The summed E-state index contributed by atoms with van der Waals surface area (Å²) in [6.07, 6.45) is 7.39. The fourth-order valence-electron chi connectivity index (χ4n) is 4.30. The van der Waals surface area contributed by atoms with Gasteiger partial charge in [-0.2, -0.15) is 0 Å². The minimum Gasteiger partial charge on any atom is -0.386 e. The van der Waals surface area contributed by atoms with E-state index in [9.17, 15) is 14.1 Å². The van der Waals surface area contributed by atoms with E-state index in [0.29, 0.717) is 17.4 Å². The molecule has 0 saturated heterocycles. The van der Waals surface area contributed by atoms with Crippen LogP contribution in [0.3, 0.4) is 0 Å². The standard InChI is InChI=1S/C22H28N4O3S2/c1-22(2,28)14-10-17(30-11-14)31(23,29)26-21(27)25-20-15-4-3-5-16(15)24-19(13-8-9-13)18(20)12-6-7-12/h10-13,28H,3-9H2,1-2H3,(H3,23,24,25,26,27,29). The van der Waals surface area contributed by atoms with E-state index in [1.807, 2.05) is 0 Å². The zero-order valence-corrected chi connectivity index (χ0v) is 19.4. The number of aliphatic hydroxyl groups is 1. The van der Waals surface area contributed by atoms with E-state index in [1.54, 1.807) is 25.3 Å². The molecule has 3 aliphatic rings. The number of hydrogen-bond donors (Lipinski definition) is 3. The second kappa shape index (κ2) is 7.37. The first-order valence-electron chi connectivity index (χ1n) is 10.9. The van der Waals surface area contributed by atoms with Crippen molar-refractivity contribution in [3.8, 4) is 0 Å². The number of rotatable bonds is 5. The van der Waals surface area contributed by atoms with Gasteiger partial charge in [-0.1, -0.05) is 0 Å². The number of amides is 2. The molecule has 9 heteroatoms. The number of carbonyl (C=O) groups excluding carboxylic acids is 1. The van der Waals surface area contributed by atoms with Crippen LogP contribution >= 0.6 is 11.3 Å². The molecule has 2 fully saturated rings. The maximum absolute atomic E-state index is 13.0. The predicted molar refractivity (Wildman–Crippen MR) is 122 cm³/mol. The lowest BCUT2D eigenvalue weighted by Crippen LogP contribution is -2.19. The van der Waals surface area contributed by atoms with Crippen molar-refractivity contribution in [3.05, 3.63) is 39.5 Å². The average molecular weight is 461 g/mol. The lowest BCUT2D eigenvalue weighted by molar-refractivity contribution is 0.0789. The Morgan fingerprint density at radius 3 is 2.61 bits per heavy atom. The van der Waals surface area contributed by atoms with Crippen LogP contribution in [-0.2, 0) is 28.4 Å². The summed E-state index contributed by atoms with van der Waals surface area (Å²) in [6.45, 7) is 3.28. The van der Waals surface area contributed by atoms with Crippen LogP contribution in [-0.4, -0.2) is 20.3 Å². The number of nitrogens with one attached hydrogen (secondary N) is 1. The van der Waals surface area contributed by atoms with Gasteiger partial charge in [-0.3, -0.25) is 4.98 Å². The van der Waals surface area contributed by atoms with Gasteiger partial charge in [0.1, 0.15) is 4.21 Å². The van der Waals surface area contributed by atoms with Gasteiger partial charge in [-0.05, 0) is 87.3 Å². The quantitative estimate of drug-likeness (QED) is 0.607. The highest BCUT2D eigenvalue weighted by molar-refractivity contribution is 7.93. The molecule has 7 nitrogen and oxygen atoms in total. The van der Waals surface area contributed by atoms with Gasteiger partial charge in [0.15, 0.2) is 9.92 Å². The van der Waals surface area contributed by atoms with Gasteiger partial charge in [0, 0.05) is 22.9 Å². The van der Waals surface area contributed by atoms with E-state index in [-0.39, 0.29) is 4.21 Å². The Morgan fingerprint density at radius 2 is 2.00 bits per heavy atom.